The van der Waals surface area contributed by atoms with Gasteiger partial charge in [0.05, 0.1) is 0 Å². The molecule has 108 valence electrons. The Kier molecular flexibility index (Phi) is 6.96. The summed E-state index contributed by atoms with van der Waals surface area (Å²) < 4.78 is 0. The van der Waals surface area contributed by atoms with E-state index in [4.69, 9.17) is 23.8 Å². The third kappa shape index (κ3) is 4.46. The number of hydrogen-bond donors (Lipinski definition) is 1. The van der Waals surface area contributed by atoms with E-state index in [1.807, 2.05) is 24.3 Å². The van der Waals surface area contributed by atoms with Crippen LogP contribution in [0.5, 0.6) is 0 Å². The normalized spacial score (nSPS) is 15.5. The number of rotatable bonds is 2. The summed E-state index contributed by atoms with van der Waals surface area (Å²) >= 11 is 5.89. The van der Waals surface area contributed by atoms with Crippen molar-refractivity contribution in [1.29, 1.82) is 0 Å². The lowest BCUT2D eigenvalue weighted by molar-refractivity contribution is 0.381. The molecule has 1 saturated heterocycles. The lowest BCUT2D eigenvalue weighted by Gasteiger charge is -2.36. The highest BCUT2D eigenvalue weighted by Crippen LogP contribution is 2.19. The number of terminal acetylenes is 1. The molecule has 0 radical (unpaired) electrons. The summed E-state index contributed by atoms with van der Waals surface area (Å²) in [5, 5.41) is 0.757. The van der Waals surface area contributed by atoms with Crippen LogP contribution in [0.3, 0.4) is 0 Å². The molecule has 0 spiro atoms. The van der Waals surface area contributed by atoms with Crippen LogP contribution in [0.1, 0.15) is 0 Å². The second kappa shape index (κ2) is 8.22. The lowest BCUT2D eigenvalue weighted by Crippen LogP contribution is -2.51. The molecule has 4 nitrogen and oxygen atoms in total. The maximum atomic E-state index is 5.89. The maximum absolute atomic E-state index is 5.89. The number of nitrogens with zero attached hydrogens (tertiary/aromatic N) is 3. The highest BCUT2D eigenvalue weighted by molar-refractivity contribution is 14.0. The van der Waals surface area contributed by atoms with Crippen LogP contribution in [0, 0.1) is 12.3 Å². The van der Waals surface area contributed by atoms with Crippen molar-refractivity contribution in [1.82, 2.24) is 4.90 Å². The van der Waals surface area contributed by atoms with E-state index in [-0.39, 0.29) is 24.0 Å². The molecular formula is C14H18ClIN4. The summed E-state index contributed by atoms with van der Waals surface area (Å²) in [6.45, 7) is 3.86. The van der Waals surface area contributed by atoms with E-state index in [0.29, 0.717) is 12.5 Å². The Labute approximate surface area is 142 Å². The molecule has 0 bridgehead atoms. The van der Waals surface area contributed by atoms with E-state index in [2.05, 4.69) is 20.7 Å². The van der Waals surface area contributed by atoms with Gasteiger partial charge in [0.1, 0.15) is 6.54 Å². The smallest absolute Gasteiger partial charge is 0.192 e. The van der Waals surface area contributed by atoms with Gasteiger partial charge in [0.25, 0.3) is 0 Å². The van der Waals surface area contributed by atoms with Crippen molar-refractivity contribution in [2.45, 2.75) is 0 Å². The zero-order valence-corrected chi connectivity index (χ0v) is 14.2. The molecule has 2 rings (SSSR count). The van der Waals surface area contributed by atoms with Gasteiger partial charge in [0.15, 0.2) is 5.96 Å². The molecule has 0 aromatic heterocycles. The molecule has 0 amide bonds. The molecule has 1 fully saturated rings. The fourth-order valence-corrected chi connectivity index (χ4v) is 2.20. The highest BCUT2D eigenvalue weighted by atomic mass is 127. The van der Waals surface area contributed by atoms with Gasteiger partial charge in [-0.25, -0.2) is 4.99 Å². The number of aliphatic imine (C=N–C) groups is 1. The molecule has 6 heteroatoms. The van der Waals surface area contributed by atoms with E-state index in [1.54, 1.807) is 0 Å². The average molecular weight is 405 g/mol. The fourth-order valence-electron chi connectivity index (χ4n) is 2.07. The second-order valence-electron chi connectivity index (χ2n) is 4.33. The number of piperazine rings is 1. The van der Waals surface area contributed by atoms with Crippen LogP contribution in [0.4, 0.5) is 5.69 Å². The van der Waals surface area contributed by atoms with Crippen LogP contribution < -0.4 is 10.6 Å². The minimum absolute atomic E-state index is 0. The summed E-state index contributed by atoms with van der Waals surface area (Å²) in [7, 11) is 0. The third-order valence-electron chi connectivity index (χ3n) is 3.13. The van der Waals surface area contributed by atoms with E-state index < -0.39 is 0 Å². The molecule has 0 saturated carbocycles. The Balaban J connectivity index is 0.00000200. The van der Waals surface area contributed by atoms with E-state index in [0.717, 1.165) is 31.2 Å². The predicted octanol–water partition coefficient (Wildman–Crippen LogP) is 2.03. The first kappa shape index (κ1) is 16.9. The van der Waals surface area contributed by atoms with E-state index in [9.17, 15) is 0 Å². The van der Waals surface area contributed by atoms with Gasteiger partial charge in [-0.3, -0.25) is 0 Å². The number of anilines is 1. The fraction of sp³-hybridized carbons (Fsp3) is 0.357. The molecule has 1 aromatic rings. The first-order valence-electron chi connectivity index (χ1n) is 6.19. The third-order valence-corrected chi connectivity index (χ3v) is 3.38. The Morgan fingerprint density at radius 2 is 1.85 bits per heavy atom. The molecule has 1 aromatic carbocycles. The van der Waals surface area contributed by atoms with Crippen LogP contribution in [0.25, 0.3) is 0 Å². The highest BCUT2D eigenvalue weighted by Gasteiger charge is 2.18. The van der Waals surface area contributed by atoms with E-state index >= 15 is 0 Å². The van der Waals surface area contributed by atoms with Crippen molar-refractivity contribution in [3.63, 3.8) is 0 Å². The molecular weight excluding hydrogens is 387 g/mol. The van der Waals surface area contributed by atoms with Crippen LogP contribution in [-0.2, 0) is 0 Å². The number of nitrogens with two attached hydrogens (primary N) is 1. The van der Waals surface area contributed by atoms with Crippen molar-refractivity contribution >= 4 is 47.2 Å². The topological polar surface area (TPSA) is 44.9 Å². The Morgan fingerprint density at radius 3 is 2.40 bits per heavy atom. The summed E-state index contributed by atoms with van der Waals surface area (Å²) in [6, 6.07) is 7.89. The van der Waals surface area contributed by atoms with Crippen molar-refractivity contribution in [2.75, 3.05) is 37.6 Å². The molecule has 0 aliphatic carbocycles. The van der Waals surface area contributed by atoms with Crippen LogP contribution in [-0.4, -0.2) is 43.6 Å². The quantitative estimate of drug-likeness (QED) is 0.355. The number of halogens is 2. The zero-order valence-electron chi connectivity index (χ0n) is 11.1. The van der Waals surface area contributed by atoms with Crippen molar-refractivity contribution in [3.8, 4) is 12.3 Å². The number of guanidine groups is 1. The van der Waals surface area contributed by atoms with Crippen LogP contribution in [0.15, 0.2) is 29.3 Å². The zero-order chi connectivity index (χ0) is 13.7. The second-order valence-corrected chi connectivity index (χ2v) is 4.77. The Hall–Kier alpha value is -1.13. The predicted molar refractivity (Wildman–Crippen MR) is 96.0 cm³/mol. The average Bonchev–Trinajstić information content (AvgIpc) is 2.46. The summed E-state index contributed by atoms with van der Waals surface area (Å²) in [4.78, 5) is 8.49. The molecule has 1 heterocycles. The minimum atomic E-state index is 0. The Morgan fingerprint density at radius 1 is 1.25 bits per heavy atom. The molecule has 2 N–H and O–H groups in total. The molecule has 0 unspecified atom stereocenters. The Bertz CT molecular complexity index is 487. The monoisotopic (exact) mass is 404 g/mol. The van der Waals surface area contributed by atoms with Crippen LogP contribution in [0.2, 0.25) is 5.02 Å². The van der Waals surface area contributed by atoms with Gasteiger partial charge < -0.3 is 15.5 Å². The van der Waals surface area contributed by atoms with Crippen molar-refractivity contribution in [2.24, 2.45) is 10.7 Å². The molecule has 1 aliphatic heterocycles. The van der Waals surface area contributed by atoms with Gasteiger partial charge in [-0.05, 0) is 24.3 Å². The van der Waals surface area contributed by atoms with Crippen molar-refractivity contribution in [3.05, 3.63) is 29.3 Å². The summed E-state index contributed by atoms with van der Waals surface area (Å²) in [6.07, 6.45) is 5.17. The lowest BCUT2D eigenvalue weighted by atomic mass is 10.2. The van der Waals surface area contributed by atoms with Gasteiger partial charge in [-0.15, -0.1) is 30.4 Å². The summed E-state index contributed by atoms with van der Waals surface area (Å²) in [5.74, 6) is 3.00. The number of benzene rings is 1. The first-order valence-corrected chi connectivity index (χ1v) is 6.57. The summed E-state index contributed by atoms with van der Waals surface area (Å²) in [5.41, 5.74) is 7.07. The maximum Gasteiger partial charge on any atom is 0.192 e. The van der Waals surface area contributed by atoms with Gasteiger partial charge >= 0.3 is 0 Å². The SMILES string of the molecule is C#CCN=C(N)N1CCN(c2ccc(Cl)cc2)CC1.I. The van der Waals surface area contributed by atoms with Gasteiger partial charge in [-0.1, -0.05) is 17.5 Å². The number of hydrogen-bond acceptors (Lipinski definition) is 2. The first-order chi connectivity index (χ1) is 9.20. The standard InChI is InChI=1S/C14H17ClN4.HI/c1-2-7-17-14(16)19-10-8-18(9-11-19)13-5-3-12(15)4-6-13;/h1,3-6H,7-11H2,(H2,16,17);1H. The molecule has 1 aliphatic rings. The molecule has 0 atom stereocenters. The van der Waals surface area contributed by atoms with Crippen LogP contribution >= 0.6 is 35.6 Å². The van der Waals surface area contributed by atoms with Gasteiger partial charge in [0.2, 0.25) is 0 Å². The molecule has 20 heavy (non-hydrogen) atoms. The minimum Gasteiger partial charge on any atom is -0.370 e. The van der Waals surface area contributed by atoms with E-state index in [1.165, 1.54) is 5.69 Å². The van der Waals surface area contributed by atoms with Crippen molar-refractivity contribution < 1.29 is 0 Å². The van der Waals surface area contributed by atoms with Gasteiger partial charge in [-0.2, -0.15) is 0 Å². The van der Waals surface area contributed by atoms with Gasteiger partial charge in [0, 0.05) is 36.9 Å². The largest absolute Gasteiger partial charge is 0.370 e.